The van der Waals surface area contributed by atoms with Gasteiger partial charge in [0, 0.05) is 25.2 Å². The SMILES string of the molecule is O=C(c1c(O)cc(O)cc1OCc1ccccc1)N1CCC[C@H](O)C1. The number of rotatable bonds is 4. The summed E-state index contributed by atoms with van der Waals surface area (Å²) in [5.41, 5.74) is 0.903. The highest BCUT2D eigenvalue weighted by Gasteiger charge is 2.28. The largest absolute Gasteiger partial charge is 0.508 e. The molecule has 6 nitrogen and oxygen atoms in total. The zero-order valence-electron chi connectivity index (χ0n) is 13.8. The quantitative estimate of drug-likeness (QED) is 0.792. The van der Waals surface area contributed by atoms with Gasteiger partial charge in [-0.1, -0.05) is 30.3 Å². The van der Waals surface area contributed by atoms with E-state index in [-0.39, 0.29) is 36.0 Å². The van der Waals surface area contributed by atoms with E-state index < -0.39 is 12.0 Å². The molecule has 0 bridgehead atoms. The van der Waals surface area contributed by atoms with E-state index in [0.29, 0.717) is 19.4 Å². The van der Waals surface area contributed by atoms with Crippen molar-refractivity contribution in [2.45, 2.75) is 25.6 Å². The number of hydrogen-bond acceptors (Lipinski definition) is 5. The number of piperidine rings is 1. The second kappa shape index (κ2) is 7.44. The van der Waals surface area contributed by atoms with E-state index in [9.17, 15) is 20.1 Å². The Morgan fingerprint density at radius 2 is 1.96 bits per heavy atom. The number of amides is 1. The predicted octanol–water partition coefficient (Wildman–Crippen LogP) is 2.27. The van der Waals surface area contributed by atoms with Crippen molar-refractivity contribution in [2.75, 3.05) is 13.1 Å². The fourth-order valence-corrected chi connectivity index (χ4v) is 2.95. The molecule has 2 aromatic rings. The van der Waals surface area contributed by atoms with Crippen molar-refractivity contribution in [1.29, 1.82) is 0 Å². The van der Waals surface area contributed by atoms with Crippen molar-refractivity contribution >= 4 is 5.91 Å². The first-order valence-electron chi connectivity index (χ1n) is 8.24. The Labute approximate surface area is 145 Å². The molecule has 6 heteroatoms. The van der Waals surface area contributed by atoms with Gasteiger partial charge in [-0.15, -0.1) is 0 Å². The number of nitrogens with zero attached hydrogens (tertiary/aromatic N) is 1. The number of hydrogen-bond donors (Lipinski definition) is 3. The van der Waals surface area contributed by atoms with Gasteiger partial charge in [-0.05, 0) is 18.4 Å². The fourth-order valence-electron chi connectivity index (χ4n) is 2.95. The van der Waals surface area contributed by atoms with E-state index in [1.807, 2.05) is 30.3 Å². The van der Waals surface area contributed by atoms with Crippen LogP contribution in [0.1, 0.15) is 28.8 Å². The minimum Gasteiger partial charge on any atom is -0.508 e. The third kappa shape index (κ3) is 4.03. The van der Waals surface area contributed by atoms with Crippen molar-refractivity contribution in [3.05, 3.63) is 53.6 Å². The van der Waals surface area contributed by atoms with Gasteiger partial charge < -0.3 is 25.0 Å². The van der Waals surface area contributed by atoms with Crippen LogP contribution < -0.4 is 4.74 Å². The maximum Gasteiger partial charge on any atom is 0.261 e. The molecule has 0 spiro atoms. The summed E-state index contributed by atoms with van der Waals surface area (Å²) in [5.74, 6) is -0.824. The van der Waals surface area contributed by atoms with Crippen LogP contribution in [0.3, 0.4) is 0 Å². The summed E-state index contributed by atoms with van der Waals surface area (Å²) in [6.45, 7) is 0.929. The standard InChI is InChI=1S/C19H21NO5/c21-14-7-4-8-20(11-14)19(24)18-16(23)9-15(22)10-17(18)25-12-13-5-2-1-3-6-13/h1-3,5-6,9-10,14,21-23H,4,7-8,11-12H2/t14-/m0/s1. The van der Waals surface area contributed by atoms with Crippen LogP contribution in [-0.2, 0) is 6.61 Å². The minimum atomic E-state index is -0.564. The highest BCUT2D eigenvalue weighted by atomic mass is 16.5. The van der Waals surface area contributed by atoms with Crippen molar-refractivity contribution in [1.82, 2.24) is 4.90 Å². The Morgan fingerprint density at radius 3 is 2.68 bits per heavy atom. The molecule has 1 atom stereocenters. The van der Waals surface area contributed by atoms with E-state index >= 15 is 0 Å². The normalized spacial score (nSPS) is 17.3. The number of β-amino-alcohol motifs (C(OH)–C–C–N with tert-alkyl or cyclic N) is 1. The lowest BCUT2D eigenvalue weighted by atomic mass is 10.1. The molecule has 1 aliphatic heterocycles. The van der Waals surface area contributed by atoms with Gasteiger partial charge in [0.1, 0.15) is 29.4 Å². The van der Waals surface area contributed by atoms with E-state index in [1.165, 1.54) is 11.0 Å². The number of carbonyl (C=O) groups is 1. The zero-order chi connectivity index (χ0) is 17.8. The lowest BCUT2D eigenvalue weighted by Crippen LogP contribution is -2.42. The van der Waals surface area contributed by atoms with Gasteiger partial charge in [0.25, 0.3) is 5.91 Å². The number of aliphatic hydroxyl groups excluding tert-OH is 1. The fraction of sp³-hybridized carbons (Fsp3) is 0.316. The second-order valence-corrected chi connectivity index (χ2v) is 6.16. The molecule has 1 fully saturated rings. The first-order chi connectivity index (χ1) is 12.0. The van der Waals surface area contributed by atoms with Gasteiger partial charge in [-0.2, -0.15) is 0 Å². The van der Waals surface area contributed by atoms with Gasteiger partial charge in [0.2, 0.25) is 0 Å². The molecule has 2 aromatic carbocycles. The first kappa shape index (κ1) is 17.1. The molecule has 0 saturated carbocycles. The Kier molecular flexibility index (Phi) is 5.09. The monoisotopic (exact) mass is 343 g/mol. The Morgan fingerprint density at radius 1 is 1.20 bits per heavy atom. The van der Waals surface area contributed by atoms with Crippen molar-refractivity contribution in [2.24, 2.45) is 0 Å². The molecule has 0 radical (unpaired) electrons. The number of phenolic OH excluding ortho intramolecular Hbond substituents is 2. The van der Waals surface area contributed by atoms with Crippen molar-refractivity contribution in [3.63, 3.8) is 0 Å². The summed E-state index contributed by atoms with van der Waals surface area (Å²) in [6.07, 6.45) is 0.792. The maximum absolute atomic E-state index is 12.8. The van der Waals surface area contributed by atoms with Gasteiger partial charge in [0.05, 0.1) is 6.10 Å². The lowest BCUT2D eigenvalue weighted by Gasteiger charge is -2.30. The number of phenols is 2. The summed E-state index contributed by atoms with van der Waals surface area (Å²) < 4.78 is 5.69. The molecule has 0 aliphatic carbocycles. The topological polar surface area (TPSA) is 90.2 Å². The van der Waals surface area contributed by atoms with E-state index in [4.69, 9.17) is 4.74 Å². The highest BCUT2D eigenvalue weighted by molar-refractivity contribution is 6.00. The molecule has 3 N–H and O–H groups in total. The van der Waals surface area contributed by atoms with Crippen LogP contribution in [0.15, 0.2) is 42.5 Å². The van der Waals surface area contributed by atoms with Crippen LogP contribution in [0.4, 0.5) is 0 Å². The Hall–Kier alpha value is -2.73. The summed E-state index contributed by atoms with van der Waals surface area (Å²) in [4.78, 5) is 14.3. The molecule has 1 aliphatic rings. The minimum absolute atomic E-state index is 0.00262. The van der Waals surface area contributed by atoms with Crippen LogP contribution in [0.2, 0.25) is 0 Å². The van der Waals surface area contributed by atoms with Gasteiger partial charge in [-0.25, -0.2) is 0 Å². The number of aliphatic hydroxyl groups is 1. The molecule has 3 rings (SSSR count). The van der Waals surface area contributed by atoms with Crippen molar-refractivity contribution < 1.29 is 24.9 Å². The Balaban J connectivity index is 1.85. The Bertz CT molecular complexity index is 747. The average Bonchev–Trinajstić information content (AvgIpc) is 2.60. The van der Waals surface area contributed by atoms with Crippen LogP contribution in [0, 0.1) is 0 Å². The molecule has 0 aromatic heterocycles. The van der Waals surface area contributed by atoms with Crippen LogP contribution in [0.5, 0.6) is 17.2 Å². The van der Waals surface area contributed by atoms with Gasteiger partial charge in [-0.3, -0.25) is 4.79 Å². The second-order valence-electron chi connectivity index (χ2n) is 6.16. The van der Waals surface area contributed by atoms with E-state index in [2.05, 4.69) is 0 Å². The van der Waals surface area contributed by atoms with Gasteiger partial charge in [0.15, 0.2) is 0 Å². The molecular formula is C19H21NO5. The van der Waals surface area contributed by atoms with E-state index in [1.54, 1.807) is 0 Å². The zero-order valence-corrected chi connectivity index (χ0v) is 13.8. The molecular weight excluding hydrogens is 322 g/mol. The smallest absolute Gasteiger partial charge is 0.261 e. The third-order valence-electron chi connectivity index (χ3n) is 4.20. The number of ether oxygens (including phenoxy) is 1. The summed E-state index contributed by atoms with van der Waals surface area (Å²) in [7, 11) is 0. The number of carbonyl (C=O) groups excluding carboxylic acids is 1. The maximum atomic E-state index is 12.8. The molecule has 132 valence electrons. The lowest BCUT2D eigenvalue weighted by molar-refractivity contribution is 0.0467. The average molecular weight is 343 g/mol. The van der Waals surface area contributed by atoms with Gasteiger partial charge >= 0.3 is 0 Å². The molecule has 1 heterocycles. The molecule has 1 saturated heterocycles. The summed E-state index contributed by atoms with van der Waals surface area (Å²) in [6, 6.07) is 11.8. The summed E-state index contributed by atoms with van der Waals surface area (Å²) in [5, 5.41) is 29.7. The van der Waals surface area contributed by atoms with E-state index in [0.717, 1.165) is 11.6 Å². The number of likely N-dealkylation sites (tertiary alicyclic amines) is 1. The molecule has 0 unspecified atom stereocenters. The third-order valence-corrected chi connectivity index (χ3v) is 4.20. The van der Waals surface area contributed by atoms with Crippen LogP contribution >= 0.6 is 0 Å². The number of aromatic hydroxyl groups is 2. The van der Waals surface area contributed by atoms with Crippen LogP contribution in [0.25, 0.3) is 0 Å². The summed E-state index contributed by atoms with van der Waals surface area (Å²) >= 11 is 0. The molecule has 25 heavy (non-hydrogen) atoms. The first-order valence-corrected chi connectivity index (χ1v) is 8.24. The number of benzene rings is 2. The predicted molar refractivity (Wildman–Crippen MR) is 91.7 cm³/mol. The van der Waals surface area contributed by atoms with Crippen LogP contribution in [-0.4, -0.2) is 45.3 Å². The van der Waals surface area contributed by atoms with Crippen molar-refractivity contribution in [3.8, 4) is 17.2 Å². The highest BCUT2D eigenvalue weighted by Crippen LogP contribution is 2.35. The molecule has 1 amide bonds.